The van der Waals surface area contributed by atoms with Gasteiger partial charge < -0.3 is 5.11 Å². The Kier molecular flexibility index (Phi) is 5.89. The maximum absolute atomic E-state index is 13.5. The lowest BCUT2D eigenvalue weighted by atomic mass is 9.47. The molecule has 0 heterocycles. The van der Waals surface area contributed by atoms with Crippen LogP contribution in [0.4, 0.5) is 0 Å². The molecule has 0 aromatic carbocycles. The van der Waals surface area contributed by atoms with Crippen LogP contribution in [0.3, 0.4) is 0 Å². The summed E-state index contributed by atoms with van der Waals surface area (Å²) in [4.78, 5) is 13.5. The molecule has 4 rings (SSSR count). The van der Waals surface area contributed by atoms with Crippen LogP contribution >= 0.6 is 0 Å². The van der Waals surface area contributed by atoms with Crippen LogP contribution in [-0.2, 0) is 4.79 Å². The first-order chi connectivity index (χ1) is 15.7. The van der Waals surface area contributed by atoms with Crippen molar-refractivity contribution in [3.63, 3.8) is 0 Å². The summed E-state index contributed by atoms with van der Waals surface area (Å²) in [6, 6.07) is 7.16. The van der Waals surface area contributed by atoms with E-state index in [0.717, 1.165) is 51.4 Å². The number of allylic oxidation sites excluding steroid dienone is 1. The van der Waals surface area contributed by atoms with Crippen LogP contribution in [0, 0.1) is 91.2 Å². The Bertz CT molecular complexity index is 1010. The standard InChI is InChI=1S/C27H32N4O2/c1-25-9-7-19(32)11-17(25)3-4-20-21-5-6-23(26(21,2)10-8-22(20)25)24(33)12-27(15-30,16-31)18(13-28)14-29/h3,18-23,32H,4-12H2,1-2H3/t19-,20-,21-,22-,23+,25+,26+/m1/s1. The molecule has 33 heavy (non-hydrogen) atoms. The minimum absolute atomic E-state index is 0.134. The summed E-state index contributed by atoms with van der Waals surface area (Å²) in [6.07, 6.45) is 9.12. The summed E-state index contributed by atoms with van der Waals surface area (Å²) in [5.74, 6) is -0.345. The fourth-order valence-electron chi connectivity index (χ4n) is 8.15. The van der Waals surface area contributed by atoms with Crippen molar-refractivity contribution in [2.45, 2.75) is 77.7 Å². The summed E-state index contributed by atoms with van der Waals surface area (Å²) in [5, 5.41) is 48.1. The number of aliphatic hydroxyl groups excluding tert-OH is 1. The second kappa shape index (κ2) is 8.28. The summed E-state index contributed by atoms with van der Waals surface area (Å²) in [5.41, 5.74) is -0.538. The van der Waals surface area contributed by atoms with Gasteiger partial charge in [0.2, 0.25) is 0 Å². The van der Waals surface area contributed by atoms with Crippen LogP contribution in [0.15, 0.2) is 11.6 Å². The van der Waals surface area contributed by atoms with Gasteiger partial charge in [-0.05, 0) is 80.0 Å². The van der Waals surface area contributed by atoms with Gasteiger partial charge in [0.1, 0.15) is 5.78 Å². The number of ketones is 1. The Balaban J connectivity index is 1.58. The fraction of sp³-hybridized carbons (Fsp3) is 0.741. The van der Waals surface area contributed by atoms with Gasteiger partial charge in [0, 0.05) is 12.3 Å². The van der Waals surface area contributed by atoms with Crippen LogP contribution in [0.1, 0.15) is 71.6 Å². The highest BCUT2D eigenvalue weighted by Crippen LogP contribution is 2.66. The molecule has 0 amide bonds. The zero-order valence-electron chi connectivity index (χ0n) is 19.5. The summed E-state index contributed by atoms with van der Waals surface area (Å²) in [6.45, 7) is 4.59. The largest absolute Gasteiger partial charge is 0.393 e. The molecule has 4 aliphatic rings. The normalized spacial score (nSPS) is 39.5. The van der Waals surface area contributed by atoms with Crippen LogP contribution in [-0.4, -0.2) is 17.0 Å². The second-order valence-electron chi connectivity index (χ2n) is 11.4. The first-order valence-corrected chi connectivity index (χ1v) is 12.2. The number of aliphatic hydroxyl groups is 1. The molecule has 172 valence electrons. The lowest BCUT2D eigenvalue weighted by Gasteiger charge is -2.58. The van der Waals surface area contributed by atoms with Crippen molar-refractivity contribution in [1.82, 2.24) is 0 Å². The number of carbonyl (C=O) groups excluding carboxylic acids is 1. The molecule has 0 bridgehead atoms. The Morgan fingerprint density at radius 3 is 2.42 bits per heavy atom. The van der Waals surface area contributed by atoms with Gasteiger partial charge in [-0.3, -0.25) is 4.79 Å². The quantitative estimate of drug-likeness (QED) is 0.631. The molecule has 1 N–H and O–H groups in total. The lowest BCUT2D eigenvalue weighted by molar-refractivity contribution is -0.131. The molecule has 0 aliphatic heterocycles. The number of hydrogen-bond acceptors (Lipinski definition) is 6. The molecule has 0 radical (unpaired) electrons. The number of rotatable bonds is 4. The minimum Gasteiger partial charge on any atom is -0.393 e. The number of nitriles is 4. The average Bonchev–Trinajstić information content (AvgIpc) is 3.16. The molecule has 4 aliphatic carbocycles. The number of Topliss-reactive ketones (excluding diaryl/α,β-unsaturated/α-hetero) is 1. The van der Waals surface area contributed by atoms with Gasteiger partial charge in [-0.15, -0.1) is 0 Å². The van der Waals surface area contributed by atoms with E-state index >= 15 is 0 Å². The number of nitrogens with zero attached hydrogens (tertiary/aromatic N) is 4. The molecule has 0 aromatic heterocycles. The van der Waals surface area contributed by atoms with Crippen LogP contribution in [0.2, 0.25) is 0 Å². The van der Waals surface area contributed by atoms with E-state index in [-0.39, 0.29) is 35.1 Å². The predicted octanol–water partition coefficient (Wildman–Crippen LogP) is 4.58. The smallest absolute Gasteiger partial charge is 0.179 e. The Morgan fingerprint density at radius 1 is 1.09 bits per heavy atom. The topological polar surface area (TPSA) is 132 Å². The third-order valence-electron chi connectivity index (χ3n) is 10.1. The molecule has 0 aromatic rings. The van der Waals surface area contributed by atoms with Crippen molar-refractivity contribution < 1.29 is 9.90 Å². The Hall–Kier alpha value is -2.67. The third-order valence-corrected chi connectivity index (χ3v) is 10.1. The van der Waals surface area contributed by atoms with Gasteiger partial charge in [0.05, 0.1) is 30.4 Å². The highest BCUT2D eigenvalue weighted by molar-refractivity contribution is 5.84. The first kappa shape index (κ1) is 23.5. The molecule has 0 unspecified atom stereocenters. The molecule has 6 nitrogen and oxygen atoms in total. The van der Waals surface area contributed by atoms with E-state index in [1.807, 2.05) is 12.1 Å². The summed E-state index contributed by atoms with van der Waals surface area (Å²) < 4.78 is 0. The highest BCUT2D eigenvalue weighted by Gasteiger charge is 2.60. The van der Waals surface area contributed by atoms with Gasteiger partial charge in [-0.25, -0.2) is 0 Å². The summed E-state index contributed by atoms with van der Waals surface area (Å²) in [7, 11) is 0. The van der Waals surface area contributed by atoms with E-state index in [1.54, 1.807) is 12.1 Å². The van der Waals surface area contributed by atoms with E-state index < -0.39 is 11.3 Å². The van der Waals surface area contributed by atoms with Crippen molar-refractivity contribution in [3.8, 4) is 24.3 Å². The van der Waals surface area contributed by atoms with Gasteiger partial charge in [0.25, 0.3) is 0 Å². The maximum atomic E-state index is 13.5. The van der Waals surface area contributed by atoms with Gasteiger partial charge in [-0.1, -0.05) is 25.5 Å². The van der Waals surface area contributed by atoms with Crippen molar-refractivity contribution in [1.29, 1.82) is 21.0 Å². The van der Waals surface area contributed by atoms with E-state index in [1.165, 1.54) is 5.57 Å². The highest BCUT2D eigenvalue weighted by atomic mass is 16.3. The molecule has 0 saturated heterocycles. The fourth-order valence-corrected chi connectivity index (χ4v) is 8.15. The van der Waals surface area contributed by atoms with Gasteiger partial charge in [0.15, 0.2) is 11.3 Å². The predicted molar refractivity (Wildman–Crippen MR) is 119 cm³/mol. The molecule has 0 spiro atoms. The monoisotopic (exact) mass is 444 g/mol. The molecular formula is C27H32N4O2. The van der Waals surface area contributed by atoms with Crippen molar-refractivity contribution >= 4 is 5.78 Å². The van der Waals surface area contributed by atoms with Gasteiger partial charge >= 0.3 is 0 Å². The maximum Gasteiger partial charge on any atom is 0.179 e. The molecule has 3 saturated carbocycles. The average molecular weight is 445 g/mol. The first-order valence-electron chi connectivity index (χ1n) is 12.2. The van der Waals surface area contributed by atoms with E-state index in [9.17, 15) is 30.9 Å². The Labute approximate surface area is 196 Å². The minimum atomic E-state index is -1.91. The number of fused-ring (bicyclic) bond motifs is 5. The van der Waals surface area contributed by atoms with Crippen LogP contribution in [0.25, 0.3) is 0 Å². The molecular weight excluding hydrogens is 412 g/mol. The Morgan fingerprint density at radius 2 is 1.79 bits per heavy atom. The van der Waals surface area contributed by atoms with Crippen molar-refractivity contribution in [2.75, 3.05) is 0 Å². The number of hydrogen-bond donors (Lipinski definition) is 1. The van der Waals surface area contributed by atoms with E-state index in [2.05, 4.69) is 19.9 Å². The number of carbonyl (C=O) groups is 1. The molecule has 7 atom stereocenters. The van der Waals surface area contributed by atoms with Gasteiger partial charge in [-0.2, -0.15) is 21.0 Å². The third kappa shape index (κ3) is 3.39. The van der Waals surface area contributed by atoms with E-state index in [4.69, 9.17) is 0 Å². The van der Waals surface area contributed by atoms with Crippen molar-refractivity contribution in [3.05, 3.63) is 11.6 Å². The zero-order chi connectivity index (χ0) is 24.0. The lowest BCUT2D eigenvalue weighted by Crippen LogP contribution is -2.51. The van der Waals surface area contributed by atoms with Crippen LogP contribution in [0.5, 0.6) is 0 Å². The van der Waals surface area contributed by atoms with E-state index in [0.29, 0.717) is 17.8 Å². The second-order valence-corrected chi connectivity index (χ2v) is 11.4. The van der Waals surface area contributed by atoms with Crippen molar-refractivity contribution in [2.24, 2.45) is 45.8 Å². The van der Waals surface area contributed by atoms with Crippen LogP contribution < -0.4 is 0 Å². The zero-order valence-corrected chi connectivity index (χ0v) is 19.5. The summed E-state index contributed by atoms with van der Waals surface area (Å²) >= 11 is 0. The SMILES string of the molecule is C[C@]12CC[C@@H]3[C@H](CC=C4C[C@H](O)CC[C@@]43C)[C@H]1CC[C@H]2C(=O)CC(C#N)(C#N)C(C#N)C#N. The molecule has 3 fully saturated rings. The molecule has 6 heteroatoms.